The molecule has 2 heterocycles. The molecule has 1 aliphatic rings. The van der Waals surface area contributed by atoms with Crippen LogP contribution in [0.1, 0.15) is 18.4 Å². The van der Waals surface area contributed by atoms with Gasteiger partial charge in [0.25, 0.3) is 0 Å². The second-order valence-corrected chi connectivity index (χ2v) is 4.81. The second kappa shape index (κ2) is 5.46. The Morgan fingerprint density at radius 1 is 1.33 bits per heavy atom. The van der Waals surface area contributed by atoms with Crippen molar-refractivity contribution in [2.45, 2.75) is 25.6 Å². The molecule has 0 saturated carbocycles. The van der Waals surface area contributed by atoms with Crippen molar-refractivity contribution in [3.8, 4) is 0 Å². The summed E-state index contributed by atoms with van der Waals surface area (Å²) in [4.78, 5) is 4.37. The third-order valence-electron chi connectivity index (χ3n) is 3.41. The topological polar surface area (TPSA) is 34.1 Å². The van der Waals surface area contributed by atoms with Gasteiger partial charge in [0.05, 0.1) is 18.2 Å². The van der Waals surface area contributed by atoms with Crippen LogP contribution < -0.4 is 5.32 Å². The maximum Gasteiger partial charge on any atom is 0.0722 e. The Kier molecular flexibility index (Phi) is 3.53. The van der Waals surface area contributed by atoms with E-state index in [0.29, 0.717) is 12.7 Å². The summed E-state index contributed by atoms with van der Waals surface area (Å²) in [6.07, 6.45) is 4.57. The standard InChI is InChI=1S/C15H18N2O/c1-3-13-6-5-12(9-15(13)17-8-1)11-18-14-4-2-7-16-10-14/h1,3,5-6,8-9,14,16H,2,4,7,10-11H2. The minimum Gasteiger partial charge on any atom is -0.372 e. The summed E-state index contributed by atoms with van der Waals surface area (Å²) in [7, 11) is 0. The van der Waals surface area contributed by atoms with E-state index in [-0.39, 0.29) is 0 Å². The van der Waals surface area contributed by atoms with Crippen LogP contribution in [0.15, 0.2) is 36.5 Å². The van der Waals surface area contributed by atoms with Crippen LogP contribution in [-0.2, 0) is 11.3 Å². The van der Waals surface area contributed by atoms with E-state index in [2.05, 4.69) is 34.6 Å². The van der Waals surface area contributed by atoms with E-state index in [1.54, 1.807) is 0 Å². The minimum absolute atomic E-state index is 0.359. The zero-order valence-corrected chi connectivity index (χ0v) is 10.4. The molecule has 1 unspecified atom stereocenters. The van der Waals surface area contributed by atoms with Gasteiger partial charge in [0.1, 0.15) is 0 Å². The number of pyridine rings is 1. The highest BCUT2D eigenvalue weighted by Crippen LogP contribution is 2.15. The Hall–Kier alpha value is -1.45. The summed E-state index contributed by atoms with van der Waals surface area (Å²) < 4.78 is 5.93. The van der Waals surface area contributed by atoms with Crippen LogP contribution >= 0.6 is 0 Å². The van der Waals surface area contributed by atoms with Crippen molar-refractivity contribution in [3.63, 3.8) is 0 Å². The lowest BCUT2D eigenvalue weighted by Gasteiger charge is -2.23. The van der Waals surface area contributed by atoms with Crippen molar-refractivity contribution in [2.75, 3.05) is 13.1 Å². The molecule has 0 amide bonds. The number of hydrogen-bond donors (Lipinski definition) is 1. The summed E-state index contributed by atoms with van der Waals surface area (Å²) in [6.45, 7) is 2.78. The van der Waals surface area contributed by atoms with Crippen LogP contribution in [0, 0.1) is 0 Å². The first-order valence-corrected chi connectivity index (χ1v) is 6.58. The fraction of sp³-hybridized carbons (Fsp3) is 0.400. The van der Waals surface area contributed by atoms with Crippen LogP contribution in [0.3, 0.4) is 0 Å². The average molecular weight is 242 g/mol. The zero-order chi connectivity index (χ0) is 12.2. The third-order valence-corrected chi connectivity index (χ3v) is 3.41. The van der Waals surface area contributed by atoms with E-state index in [1.165, 1.54) is 23.8 Å². The number of hydrogen-bond acceptors (Lipinski definition) is 3. The Balaban J connectivity index is 1.66. The van der Waals surface area contributed by atoms with E-state index in [1.807, 2.05) is 12.3 Å². The highest BCUT2D eigenvalue weighted by atomic mass is 16.5. The monoisotopic (exact) mass is 242 g/mol. The molecule has 3 heteroatoms. The molecule has 1 fully saturated rings. The number of nitrogens with one attached hydrogen (secondary N) is 1. The Bertz CT molecular complexity index is 521. The molecule has 0 bridgehead atoms. The lowest BCUT2D eigenvalue weighted by Crippen LogP contribution is -2.35. The number of ether oxygens (including phenoxy) is 1. The predicted molar refractivity (Wildman–Crippen MR) is 72.4 cm³/mol. The number of fused-ring (bicyclic) bond motifs is 1. The number of benzene rings is 1. The Labute approximate surface area is 107 Å². The van der Waals surface area contributed by atoms with Crippen LogP contribution in [0.4, 0.5) is 0 Å². The fourth-order valence-corrected chi connectivity index (χ4v) is 2.38. The first-order valence-electron chi connectivity index (χ1n) is 6.58. The first-order chi connectivity index (χ1) is 8.92. The molecule has 1 aliphatic heterocycles. The van der Waals surface area contributed by atoms with Crippen LogP contribution in [0.5, 0.6) is 0 Å². The van der Waals surface area contributed by atoms with Gasteiger partial charge in [0.15, 0.2) is 0 Å². The molecule has 18 heavy (non-hydrogen) atoms. The van der Waals surface area contributed by atoms with Crippen molar-refractivity contribution >= 4 is 10.9 Å². The van der Waals surface area contributed by atoms with Gasteiger partial charge in [-0.15, -0.1) is 0 Å². The minimum atomic E-state index is 0.359. The molecule has 94 valence electrons. The van der Waals surface area contributed by atoms with E-state index in [9.17, 15) is 0 Å². The van der Waals surface area contributed by atoms with E-state index >= 15 is 0 Å². The molecule has 1 aromatic carbocycles. The van der Waals surface area contributed by atoms with Crippen LogP contribution in [-0.4, -0.2) is 24.2 Å². The lowest BCUT2D eigenvalue weighted by molar-refractivity contribution is 0.0253. The molecular formula is C15H18N2O. The molecule has 2 aromatic rings. The predicted octanol–water partition coefficient (Wildman–Crippen LogP) is 2.50. The molecule has 1 N–H and O–H groups in total. The highest BCUT2D eigenvalue weighted by molar-refractivity contribution is 5.78. The zero-order valence-electron chi connectivity index (χ0n) is 10.4. The normalized spacial score (nSPS) is 20.1. The molecule has 1 aromatic heterocycles. The largest absolute Gasteiger partial charge is 0.372 e. The fourth-order valence-electron chi connectivity index (χ4n) is 2.38. The van der Waals surface area contributed by atoms with Gasteiger partial charge < -0.3 is 10.1 Å². The SMILES string of the molecule is c1cnc2cc(COC3CCCNC3)ccc2c1. The van der Waals surface area contributed by atoms with Gasteiger partial charge in [-0.3, -0.25) is 4.98 Å². The highest BCUT2D eigenvalue weighted by Gasteiger charge is 2.12. The summed E-state index contributed by atoms with van der Waals surface area (Å²) in [5.74, 6) is 0. The van der Waals surface area contributed by atoms with Crippen molar-refractivity contribution in [2.24, 2.45) is 0 Å². The third kappa shape index (κ3) is 2.68. The molecular weight excluding hydrogens is 224 g/mol. The van der Waals surface area contributed by atoms with Gasteiger partial charge in [-0.25, -0.2) is 0 Å². The summed E-state index contributed by atoms with van der Waals surface area (Å²) in [5.41, 5.74) is 2.24. The maximum atomic E-state index is 5.93. The molecule has 1 saturated heterocycles. The number of piperidine rings is 1. The van der Waals surface area contributed by atoms with Gasteiger partial charge >= 0.3 is 0 Å². The molecule has 3 nitrogen and oxygen atoms in total. The second-order valence-electron chi connectivity index (χ2n) is 4.81. The molecule has 0 radical (unpaired) electrons. The number of rotatable bonds is 3. The number of nitrogens with zero attached hydrogens (tertiary/aromatic N) is 1. The van der Waals surface area contributed by atoms with Gasteiger partial charge in [-0.2, -0.15) is 0 Å². The van der Waals surface area contributed by atoms with Gasteiger partial charge in [0.2, 0.25) is 0 Å². The molecule has 3 rings (SSSR count). The van der Waals surface area contributed by atoms with Crippen LogP contribution in [0.2, 0.25) is 0 Å². The molecule has 0 spiro atoms. The van der Waals surface area contributed by atoms with Crippen molar-refractivity contribution in [1.29, 1.82) is 0 Å². The summed E-state index contributed by atoms with van der Waals surface area (Å²) in [6, 6.07) is 10.4. The van der Waals surface area contributed by atoms with E-state index in [0.717, 1.165) is 18.6 Å². The first kappa shape index (κ1) is 11.6. The van der Waals surface area contributed by atoms with Crippen molar-refractivity contribution < 1.29 is 4.74 Å². The average Bonchev–Trinajstić information content (AvgIpc) is 2.46. The van der Waals surface area contributed by atoms with E-state index < -0.39 is 0 Å². The smallest absolute Gasteiger partial charge is 0.0722 e. The Morgan fingerprint density at radius 3 is 3.22 bits per heavy atom. The summed E-state index contributed by atoms with van der Waals surface area (Å²) in [5, 5.41) is 4.54. The van der Waals surface area contributed by atoms with Crippen LogP contribution in [0.25, 0.3) is 10.9 Å². The lowest BCUT2D eigenvalue weighted by atomic mass is 10.1. The van der Waals surface area contributed by atoms with Gasteiger partial charge in [-0.05, 0) is 37.1 Å². The molecule has 0 aliphatic carbocycles. The molecule has 1 atom stereocenters. The Morgan fingerprint density at radius 2 is 2.33 bits per heavy atom. The van der Waals surface area contributed by atoms with Crippen molar-refractivity contribution in [1.82, 2.24) is 10.3 Å². The van der Waals surface area contributed by atoms with Gasteiger partial charge in [-0.1, -0.05) is 18.2 Å². The maximum absolute atomic E-state index is 5.93. The quantitative estimate of drug-likeness (QED) is 0.898. The summed E-state index contributed by atoms with van der Waals surface area (Å²) >= 11 is 0. The van der Waals surface area contributed by atoms with Crippen molar-refractivity contribution in [3.05, 3.63) is 42.1 Å². The van der Waals surface area contributed by atoms with E-state index in [4.69, 9.17) is 4.74 Å². The number of aromatic nitrogens is 1. The van der Waals surface area contributed by atoms with Gasteiger partial charge in [0, 0.05) is 18.1 Å².